The van der Waals surface area contributed by atoms with Gasteiger partial charge in [0.05, 0.1) is 12.5 Å². The first-order chi connectivity index (χ1) is 8.67. The second-order valence-electron chi connectivity index (χ2n) is 5.24. The Hall–Kier alpha value is -0.610. The lowest BCUT2D eigenvalue weighted by molar-refractivity contribution is -0.149. The molecule has 1 N–H and O–H groups in total. The van der Waals surface area contributed by atoms with Gasteiger partial charge in [0, 0.05) is 6.54 Å². The third-order valence-corrected chi connectivity index (χ3v) is 3.52. The van der Waals surface area contributed by atoms with Crippen LogP contribution in [-0.4, -0.2) is 50.2 Å². The molecule has 0 bridgehead atoms. The molecule has 4 heteroatoms. The van der Waals surface area contributed by atoms with E-state index in [2.05, 4.69) is 24.1 Å². The number of hydrogen-bond donors (Lipinski definition) is 1. The molecule has 1 aliphatic rings. The van der Waals surface area contributed by atoms with Crippen LogP contribution in [0.2, 0.25) is 0 Å². The smallest absolute Gasteiger partial charge is 0.309 e. The molecule has 0 radical (unpaired) electrons. The highest BCUT2D eigenvalue weighted by molar-refractivity contribution is 5.72. The number of piperidine rings is 1. The highest BCUT2D eigenvalue weighted by Gasteiger charge is 2.26. The summed E-state index contributed by atoms with van der Waals surface area (Å²) in [6.45, 7) is 12.1. The molecule has 1 atom stereocenters. The zero-order chi connectivity index (χ0) is 13.4. The molecule has 1 fully saturated rings. The standard InChI is InChI=1S/C14H28N2O2/c1-4-15-10-12(3)11-16-8-6-13(7-9-16)14(17)18-5-2/h12-13,15H,4-11H2,1-3H3. The number of carbonyl (C=O) groups is 1. The number of ether oxygens (including phenoxy) is 1. The van der Waals surface area contributed by atoms with E-state index < -0.39 is 0 Å². The topological polar surface area (TPSA) is 41.6 Å². The minimum atomic E-state index is -0.00199. The first kappa shape index (κ1) is 15.4. The Morgan fingerprint density at radius 2 is 2.06 bits per heavy atom. The zero-order valence-corrected chi connectivity index (χ0v) is 12.1. The lowest BCUT2D eigenvalue weighted by Gasteiger charge is -2.32. The number of rotatable bonds is 7. The van der Waals surface area contributed by atoms with Crippen LogP contribution in [0.1, 0.15) is 33.6 Å². The second-order valence-corrected chi connectivity index (χ2v) is 5.24. The quantitative estimate of drug-likeness (QED) is 0.701. The molecule has 1 saturated heterocycles. The lowest BCUT2D eigenvalue weighted by Crippen LogP contribution is -2.40. The first-order valence-electron chi connectivity index (χ1n) is 7.27. The van der Waals surface area contributed by atoms with E-state index in [-0.39, 0.29) is 11.9 Å². The molecule has 0 aromatic heterocycles. The predicted octanol–water partition coefficient (Wildman–Crippen LogP) is 1.51. The number of carbonyl (C=O) groups excluding carboxylic acids is 1. The van der Waals surface area contributed by atoms with E-state index in [9.17, 15) is 4.79 Å². The number of hydrogen-bond acceptors (Lipinski definition) is 4. The van der Waals surface area contributed by atoms with Gasteiger partial charge >= 0.3 is 5.97 Å². The molecule has 0 spiro atoms. The Morgan fingerprint density at radius 1 is 1.39 bits per heavy atom. The fourth-order valence-corrected chi connectivity index (χ4v) is 2.51. The number of esters is 1. The van der Waals surface area contributed by atoms with Gasteiger partial charge in [-0.1, -0.05) is 13.8 Å². The van der Waals surface area contributed by atoms with Crippen LogP contribution in [0, 0.1) is 11.8 Å². The van der Waals surface area contributed by atoms with Crippen LogP contribution in [0.25, 0.3) is 0 Å². The normalized spacial score (nSPS) is 19.7. The van der Waals surface area contributed by atoms with Crippen molar-refractivity contribution in [2.75, 3.05) is 39.3 Å². The first-order valence-corrected chi connectivity index (χ1v) is 7.27. The molecular weight excluding hydrogens is 228 g/mol. The van der Waals surface area contributed by atoms with Gasteiger partial charge in [-0.2, -0.15) is 0 Å². The van der Waals surface area contributed by atoms with Gasteiger partial charge in [-0.05, 0) is 51.9 Å². The van der Waals surface area contributed by atoms with E-state index in [1.807, 2.05) is 6.92 Å². The fourth-order valence-electron chi connectivity index (χ4n) is 2.51. The number of nitrogens with one attached hydrogen (secondary N) is 1. The highest BCUT2D eigenvalue weighted by Crippen LogP contribution is 2.19. The maximum absolute atomic E-state index is 11.6. The van der Waals surface area contributed by atoms with Crippen molar-refractivity contribution < 1.29 is 9.53 Å². The molecule has 0 aromatic carbocycles. The van der Waals surface area contributed by atoms with Crippen molar-refractivity contribution in [3.05, 3.63) is 0 Å². The summed E-state index contributed by atoms with van der Waals surface area (Å²) in [5.74, 6) is 0.798. The van der Waals surface area contributed by atoms with E-state index in [1.54, 1.807) is 0 Å². The molecule has 1 unspecified atom stereocenters. The maximum atomic E-state index is 11.6. The van der Waals surface area contributed by atoms with Crippen molar-refractivity contribution in [2.45, 2.75) is 33.6 Å². The SMILES string of the molecule is CCNCC(C)CN1CCC(C(=O)OCC)CC1. The van der Waals surface area contributed by atoms with E-state index in [4.69, 9.17) is 4.74 Å². The van der Waals surface area contributed by atoms with Gasteiger partial charge in [0.25, 0.3) is 0 Å². The summed E-state index contributed by atoms with van der Waals surface area (Å²) in [7, 11) is 0. The van der Waals surface area contributed by atoms with E-state index in [1.165, 1.54) is 0 Å². The molecule has 106 valence electrons. The van der Waals surface area contributed by atoms with E-state index in [0.29, 0.717) is 12.5 Å². The van der Waals surface area contributed by atoms with Gasteiger partial charge in [0.15, 0.2) is 0 Å². The van der Waals surface area contributed by atoms with Gasteiger partial charge in [-0.25, -0.2) is 0 Å². The van der Waals surface area contributed by atoms with Crippen molar-refractivity contribution in [3.8, 4) is 0 Å². The molecule has 0 aromatic rings. The summed E-state index contributed by atoms with van der Waals surface area (Å²) in [5.41, 5.74) is 0. The molecule has 4 nitrogen and oxygen atoms in total. The van der Waals surface area contributed by atoms with Crippen molar-refractivity contribution in [1.82, 2.24) is 10.2 Å². The summed E-state index contributed by atoms with van der Waals surface area (Å²) in [6.07, 6.45) is 1.90. The Labute approximate surface area is 111 Å². The molecule has 0 amide bonds. The van der Waals surface area contributed by atoms with Gasteiger partial charge in [-0.3, -0.25) is 4.79 Å². The molecule has 1 rings (SSSR count). The highest BCUT2D eigenvalue weighted by atomic mass is 16.5. The average molecular weight is 256 g/mol. The van der Waals surface area contributed by atoms with Crippen molar-refractivity contribution >= 4 is 5.97 Å². The van der Waals surface area contributed by atoms with Crippen molar-refractivity contribution in [3.63, 3.8) is 0 Å². The summed E-state index contributed by atoms with van der Waals surface area (Å²) in [6, 6.07) is 0. The molecule has 1 heterocycles. The van der Waals surface area contributed by atoms with Crippen LogP contribution in [0.3, 0.4) is 0 Å². The van der Waals surface area contributed by atoms with E-state index in [0.717, 1.165) is 45.6 Å². The molecule has 1 aliphatic heterocycles. The third-order valence-electron chi connectivity index (χ3n) is 3.52. The third kappa shape index (κ3) is 5.36. The minimum absolute atomic E-state index is 0.00199. The van der Waals surface area contributed by atoms with Crippen molar-refractivity contribution in [2.24, 2.45) is 11.8 Å². The second kappa shape index (κ2) is 8.48. The molecular formula is C14H28N2O2. The van der Waals surface area contributed by atoms with Gasteiger partial charge in [0.2, 0.25) is 0 Å². The Kier molecular flexibility index (Phi) is 7.28. The fraction of sp³-hybridized carbons (Fsp3) is 0.929. The summed E-state index contributed by atoms with van der Waals surface area (Å²) in [4.78, 5) is 14.1. The van der Waals surface area contributed by atoms with Crippen LogP contribution in [0.4, 0.5) is 0 Å². The monoisotopic (exact) mass is 256 g/mol. The average Bonchev–Trinajstić information content (AvgIpc) is 2.37. The summed E-state index contributed by atoms with van der Waals surface area (Å²) < 4.78 is 5.08. The number of likely N-dealkylation sites (tertiary alicyclic amines) is 1. The van der Waals surface area contributed by atoms with Crippen LogP contribution in [-0.2, 0) is 9.53 Å². The van der Waals surface area contributed by atoms with Gasteiger partial charge in [0.1, 0.15) is 0 Å². The van der Waals surface area contributed by atoms with Crippen LogP contribution in [0.5, 0.6) is 0 Å². The molecule has 18 heavy (non-hydrogen) atoms. The predicted molar refractivity (Wildman–Crippen MR) is 73.5 cm³/mol. The zero-order valence-electron chi connectivity index (χ0n) is 12.1. The van der Waals surface area contributed by atoms with Gasteiger partial charge in [-0.15, -0.1) is 0 Å². The van der Waals surface area contributed by atoms with Crippen LogP contribution < -0.4 is 5.32 Å². The van der Waals surface area contributed by atoms with Gasteiger partial charge < -0.3 is 15.0 Å². The van der Waals surface area contributed by atoms with Crippen LogP contribution in [0.15, 0.2) is 0 Å². The Bertz CT molecular complexity index is 238. The molecule has 0 aliphatic carbocycles. The Morgan fingerprint density at radius 3 is 2.61 bits per heavy atom. The summed E-state index contributed by atoms with van der Waals surface area (Å²) >= 11 is 0. The Balaban J connectivity index is 2.20. The van der Waals surface area contributed by atoms with Crippen LogP contribution >= 0.6 is 0 Å². The van der Waals surface area contributed by atoms with Crippen molar-refractivity contribution in [1.29, 1.82) is 0 Å². The molecule has 0 saturated carbocycles. The van der Waals surface area contributed by atoms with E-state index >= 15 is 0 Å². The summed E-state index contributed by atoms with van der Waals surface area (Å²) in [5, 5.41) is 3.38. The maximum Gasteiger partial charge on any atom is 0.309 e. The largest absolute Gasteiger partial charge is 0.466 e. The number of nitrogens with zero attached hydrogens (tertiary/aromatic N) is 1. The lowest BCUT2D eigenvalue weighted by atomic mass is 9.96. The minimum Gasteiger partial charge on any atom is -0.466 e.